The van der Waals surface area contributed by atoms with E-state index >= 15 is 0 Å². The van der Waals surface area contributed by atoms with Crippen LogP contribution in [-0.4, -0.2) is 75.6 Å². The minimum absolute atomic E-state index is 0.00789. The van der Waals surface area contributed by atoms with E-state index in [4.69, 9.17) is 4.74 Å². The number of amides is 2. The molecule has 0 fully saturated rings. The van der Waals surface area contributed by atoms with E-state index in [-0.39, 0.29) is 37.4 Å². The summed E-state index contributed by atoms with van der Waals surface area (Å²) in [5, 5.41) is 33.0. The van der Waals surface area contributed by atoms with E-state index in [9.17, 15) is 24.6 Å². The van der Waals surface area contributed by atoms with Crippen LogP contribution in [0.1, 0.15) is 43.2 Å². The van der Waals surface area contributed by atoms with Gasteiger partial charge in [-0.2, -0.15) is 0 Å². The number of ether oxygens (including phenoxy) is 2. The summed E-state index contributed by atoms with van der Waals surface area (Å²) in [5.74, 6) is -1.61. The molecule has 0 aliphatic rings. The fourth-order valence-corrected chi connectivity index (χ4v) is 4.30. The zero-order chi connectivity index (χ0) is 30.7. The highest BCUT2D eigenvalue weighted by Gasteiger charge is 2.36. The summed E-state index contributed by atoms with van der Waals surface area (Å²) in [7, 11) is 1.29. The summed E-state index contributed by atoms with van der Waals surface area (Å²) in [4.78, 5) is 36.6. The summed E-state index contributed by atoms with van der Waals surface area (Å²) in [5.41, 5.74) is 1.56. The average Bonchev–Trinajstić information content (AvgIpc) is 3.46. The molecule has 226 valence electrons. The van der Waals surface area contributed by atoms with Gasteiger partial charge in [0.05, 0.1) is 38.0 Å². The summed E-state index contributed by atoms with van der Waals surface area (Å²) >= 11 is 0. The molecule has 0 spiro atoms. The van der Waals surface area contributed by atoms with E-state index < -0.39 is 36.0 Å². The topological polar surface area (TPSA) is 165 Å². The number of methoxy groups -OCH3 is 1. The van der Waals surface area contributed by atoms with Crippen LogP contribution in [0.3, 0.4) is 0 Å². The molecule has 42 heavy (non-hydrogen) atoms. The highest BCUT2D eigenvalue weighted by atomic mass is 16.5. The Morgan fingerprint density at radius 3 is 2.29 bits per heavy atom. The molecule has 0 saturated carbocycles. The first-order valence-electron chi connectivity index (χ1n) is 13.7. The van der Waals surface area contributed by atoms with Crippen molar-refractivity contribution < 1.29 is 34.1 Å². The molecular weight excluding hydrogens is 542 g/mol. The molecule has 0 unspecified atom stereocenters. The molecular formula is C30H39N5O7. The fraction of sp³-hybridized carbons (Fsp3) is 0.433. The van der Waals surface area contributed by atoms with Crippen LogP contribution < -0.4 is 10.6 Å². The zero-order valence-electron chi connectivity index (χ0n) is 24.3. The van der Waals surface area contributed by atoms with Crippen molar-refractivity contribution in [1.82, 2.24) is 25.6 Å². The van der Waals surface area contributed by atoms with Crippen LogP contribution >= 0.6 is 0 Å². The minimum atomic E-state index is -1.46. The van der Waals surface area contributed by atoms with Gasteiger partial charge in [-0.05, 0) is 42.4 Å². The van der Waals surface area contributed by atoms with Crippen molar-refractivity contribution in [3.8, 4) is 11.1 Å². The van der Waals surface area contributed by atoms with Gasteiger partial charge in [0.2, 0.25) is 0 Å². The lowest BCUT2D eigenvalue weighted by Gasteiger charge is -2.28. The number of carbonyl (C=O) groups is 3. The molecule has 3 rings (SSSR count). The van der Waals surface area contributed by atoms with Gasteiger partial charge in [0.25, 0.3) is 5.91 Å². The zero-order valence-corrected chi connectivity index (χ0v) is 24.3. The van der Waals surface area contributed by atoms with Gasteiger partial charge >= 0.3 is 12.1 Å². The Labute approximate surface area is 245 Å². The Balaban J connectivity index is 1.67. The molecule has 3 aromatic rings. The smallest absolute Gasteiger partial charge is 0.407 e. The van der Waals surface area contributed by atoms with Crippen LogP contribution in [0.5, 0.6) is 0 Å². The second-order valence-electron chi connectivity index (χ2n) is 10.8. The number of rotatable bonds is 15. The van der Waals surface area contributed by atoms with Crippen molar-refractivity contribution in [3.63, 3.8) is 0 Å². The fourth-order valence-electron chi connectivity index (χ4n) is 4.30. The van der Waals surface area contributed by atoms with Crippen molar-refractivity contribution in [3.05, 3.63) is 72.1 Å². The normalized spacial score (nSPS) is 14.0. The molecule has 2 amide bonds. The maximum atomic E-state index is 13.1. The van der Waals surface area contributed by atoms with Crippen LogP contribution in [0.4, 0.5) is 4.79 Å². The van der Waals surface area contributed by atoms with Crippen molar-refractivity contribution in [1.29, 1.82) is 0 Å². The number of aromatic nitrogens is 3. The van der Waals surface area contributed by atoms with Gasteiger partial charge in [-0.25, -0.2) is 9.48 Å². The second kappa shape index (κ2) is 15.1. The van der Waals surface area contributed by atoms with E-state index in [0.29, 0.717) is 6.42 Å². The van der Waals surface area contributed by atoms with Crippen LogP contribution in [0.25, 0.3) is 11.1 Å². The number of aliphatic hydroxyl groups excluding tert-OH is 1. The maximum absolute atomic E-state index is 13.1. The number of carboxylic acid groups (broad SMARTS) is 1. The number of hydrogen-bond donors (Lipinski definition) is 4. The third-order valence-corrected chi connectivity index (χ3v) is 7.03. The van der Waals surface area contributed by atoms with Crippen molar-refractivity contribution in [2.45, 2.75) is 52.4 Å². The van der Waals surface area contributed by atoms with Gasteiger partial charge < -0.3 is 30.3 Å². The monoisotopic (exact) mass is 581 g/mol. The van der Waals surface area contributed by atoms with Crippen molar-refractivity contribution >= 4 is 18.0 Å². The van der Waals surface area contributed by atoms with Crippen LogP contribution in [0.15, 0.2) is 60.8 Å². The molecule has 12 heteroatoms. The predicted molar refractivity (Wildman–Crippen MR) is 154 cm³/mol. The molecule has 3 atom stereocenters. The molecule has 4 N–H and O–H groups in total. The van der Waals surface area contributed by atoms with E-state index in [0.717, 1.165) is 16.7 Å². The minimum Gasteiger partial charge on any atom is -0.481 e. The van der Waals surface area contributed by atoms with Crippen LogP contribution in [0.2, 0.25) is 0 Å². The van der Waals surface area contributed by atoms with Gasteiger partial charge in [0.1, 0.15) is 6.73 Å². The average molecular weight is 582 g/mol. The lowest BCUT2D eigenvalue weighted by atomic mass is 9.82. The van der Waals surface area contributed by atoms with Gasteiger partial charge in [0.15, 0.2) is 5.69 Å². The van der Waals surface area contributed by atoms with Crippen LogP contribution in [-0.2, 0) is 27.4 Å². The molecule has 0 radical (unpaired) electrons. The number of benzene rings is 2. The molecule has 2 aromatic carbocycles. The lowest BCUT2D eigenvalue weighted by Crippen LogP contribution is -2.44. The first kappa shape index (κ1) is 32.2. The van der Waals surface area contributed by atoms with Gasteiger partial charge in [-0.15, -0.1) is 5.10 Å². The maximum Gasteiger partial charge on any atom is 0.407 e. The van der Waals surface area contributed by atoms with E-state index in [1.165, 1.54) is 24.9 Å². The van der Waals surface area contributed by atoms with Gasteiger partial charge in [0, 0.05) is 6.04 Å². The SMILES string of the molecule is COC(=O)N[C@H](COCn1cc(C(=O)N[C@H](Cc2ccc(-c3ccccc3)cc2)C[C@@](C)(CO)C(=O)O)nn1)C(C)C. The van der Waals surface area contributed by atoms with Crippen LogP contribution in [0, 0.1) is 11.3 Å². The van der Waals surface area contributed by atoms with Gasteiger partial charge in [-0.1, -0.05) is 73.7 Å². The standard InChI is InChI=1S/C30H39N5O7/c1-20(2)26(32-29(40)41-4)17-42-19-35-16-25(33-34-35)27(37)31-24(15-30(3,18-36)28(38)39)14-21-10-12-23(13-11-21)22-8-6-5-7-9-22/h5-13,16,20,24,26,36H,14-15,17-19H2,1-4H3,(H,31,37)(H,32,40)(H,38,39)/t24-,26-,30+/m1/s1. The molecule has 0 saturated heterocycles. The number of aliphatic hydroxyl groups is 1. The van der Waals surface area contributed by atoms with E-state index in [1.807, 2.05) is 68.4 Å². The van der Waals surface area contributed by atoms with Crippen molar-refractivity contribution in [2.75, 3.05) is 20.3 Å². The molecule has 0 bridgehead atoms. The lowest BCUT2D eigenvalue weighted by molar-refractivity contribution is -0.151. The first-order valence-corrected chi connectivity index (χ1v) is 13.7. The number of hydrogen-bond acceptors (Lipinski definition) is 8. The van der Waals surface area contributed by atoms with E-state index in [2.05, 4.69) is 25.7 Å². The molecule has 1 aromatic heterocycles. The third-order valence-electron chi connectivity index (χ3n) is 7.03. The Morgan fingerprint density at radius 2 is 1.69 bits per heavy atom. The van der Waals surface area contributed by atoms with Gasteiger partial charge in [-0.3, -0.25) is 9.59 Å². The first-order chi connectivity index (χ1) is 20.0. The Bertz CT molecular complexity index is 1310. The Hall–Kier alpha value is -4.29. The quantitative estimate of drug-likeness (QED) is 0.211. The Kier molecular flexibility index (Phi) is 11.6. The second-order valence-corrected chi connectivity index (χ2v) is 10.8. The number of nitrogens with zero attached hydrogens (tertiary/aromatic N) is 3. The summed E-state index contributed by atoms with van der Waals surface area (Å²) in [6.45, 7) is 4.90. The summed E-state index contributed by atoms with van der Waals surface area (Å²) in [6.07, 6.45) is 1.19. The Morgan fingerprint density at radius 1 is 1.02 bits per heavy atom. The highest BCUT2D eigenvalue weighted by molar-refractivity contribution is 5.92. The number of nitrogens with one attached hydrogen (secondary N) is 2. The third kappa shape index (κ3) is 9.11. The number of alkyl carbamates (subject to hydrolysis) is 1. The number of carbonyl (C=O) groups excluding carboxylic acids is 2. The molecule has 12 nitrogen and oxygen atoms in total. The predicted octanol–water partition coefficient (Wildman–Crippen LogP) is 3.11. The highest BCUT2D eigenvalue weighted by Crippen LogP contribution is 2.26. The van der Waals surface area contributed by atoms with Crippen molar-refractivity contribution in [2.24, 2.45) is 11.3 Å². The molecule has 1 heterocycles. The largest absolute Gasteiger partial charge is 0.481 e. The number of aliphatic carboxylic acids is 1. The van der Waals surface area contributed by atoms with E-state index in [1.54, 1.807) is 0 Å². The summed E-state index contributed by atoms with van der Waals surface area (Å²) < 4.78 is 11.6. The number of carboxylic acids is 1. The molecule has 0 aliphatic carbocycles. The summed E-state index contributed by atoms with van der Waals surface area (Å²) in [6, 6.07) is 16.8. The molecule has 0 aliphatic heterocycles.